The third kappa shape index (κ3) is 3.28. The van der Waals surface area contributed by atoms with Crippen molar-refractivity contribution >= 4 is 17.5 Å². The van der Waals surface area contributed by atoms with Crippen molar-refractivity contribution in [2.24, 2.45) is 11.1 Å². The molecule has 1 aromatic carbocycles. The van der Waals surface area contributed by atoms with Crippen LogP contribution in [0.25, 0.3) is 0 Å². The molecule has 3 N–H and O–H groups in total. The predicted molar refractivity (Wildman–Crippen MR) is 78.1 cm³/mol. The van der Waals surface area contributed by atoms with Crippen LogP contribution < -0.4 is 11.1 Å². The van der Waals surface area contributed by atoms with E-state index in [-0.39, 0.29) is 17.4 Å². The van der Waals surface area contributed by atoms with Crippen LogP contribution in [0, 0.1) is 5.41 Å². The summed E-state index contributed by atoms with van der Waals surface area (Å²) in [5.74, 6) is -0.240. The minimum atomic E-state index is -0.240. The molecule has 0 aromatic heterocycles. The van der Waals surface area contributed by atoms with E-state index >= 15 is 0 Å². The molecule has 1 amide bonds. The molecule has 0 bridgehead atoms. The molecule has 2 rings (SSSR count). The van der Waals surface area contributed by atoms with Crippen LogP contribution in [0.1, 0.15) is 43.9 Å². The fourth-order valence-corrected chi connectivity index (χ4v) is 3.09. The quantitative estimate of drug-likeness (QED) is 0.815. The number of nitrogens with one attached hydrogen (secondary N) is 1. The Morgan fingerprint density at radius 2 is 2.26 bits per heavy atom. The lowest BCUT2D eigenvalue weighted by atomic mass is 9.85. The summed E-state index contributed by atoms with van der Waals surface area (Å²) in [6.07, 6.45) is 2.26. The zero-order chi connectivity index (χ0) is 14.0. The van der Waals surface area contributed by atoms with E-state index in [1.165, 1.54) is 11.1 Å². The van der Waals surface area contributed by atoms with Crippen LogP contribution in [-0.2, 0) is 11.2 Å². The minimum absolute atomic E-state index is 0.166. The van der Waals surface area contributed by atoms with Crippen molar-refractivity contribution < 1.29 is 4.79 Å². The Hall–Kier alpha value is -1.06. The van der Waals surface area contributed by atoms with Crippen molar-refractivity contribution in [3.8, 4) is 0 Å². The van der Waals surface area contributed by atoms with Crippen molar-refractivity contribution in [1.82, 2.24) is 5.32 Å². The van der Waals surface area contributed by atoms with Crippen molar-refractivity contribution in [2.45, 2.75) is 39.2 Å². The largest absolute Gasteiger partial charge is 0.370 e. The molecule has 1 aliphatic carbocycles. The van der Waals surface area contributed by atoms with Gasteiger partial charge in [-0.15, -0.1) is 0 Å². The Kier molecular flexibility index (Phi) is 4.16. The summed E-state index contributed by atoms with van der Waals surface area (Å²) in [5.41, 5.74) is 7.97. The third-order valence-corrected chi connectivity index (χ3v) is 4.03. The van der Waals surface area contributed by atoms with Gasteiger partial charge in [0.05, 0.1) is 0 Å². The normalized spacial score (nSPS) is 20.3. The second kappa shape index (κ2) is 5.51. The number of rotatable bonds is 5. The number of amides is 1. The highest BCUT2D eigenvalue weighted by atomic mass is 35.5. The zero-order valence-corrected chi connectivity index (χ0v) is 12.3. The van der Waals surface area contributed by atoms with Gasteiger partial charge >= 0.3 is 0 Å². The van der Waals surface area contributed by atoms with Crippen molar-refractivity contribution in [2.75, 3.05) is 6.54 Å². The second-order valence-electron chi connectivity index (χ2n) is 5.97. The highest BCUT2D eigenvalue weighted by molar-refractivity contribution is 6.30. The van der Waals surface area contributed by atoms with E-state index in [1.807, 2.05) is 6.07 Å². The van der Waals surface area contributed by atoms with E-state index in [4.69, 9.17) is 17.3 Å². The van der Waals surface area contributed by atoms with Gasteiger partial charge in [-0.3, -0.25) is 4.79 Å². The second-order valence-corrected chi connectivity index (χ2v) is 6.40. The van der Waals surface area contributed by atoms with Crippen molar-refractivity contribution in [3.05, 3.63) is 34.3 Å². The standard InChI is InChI=1S/C15H21ClN2O/c1-15(2)9-10-5-6-11(16)8-12(10)14(15)18-7-3-4-13(17)19/h5-6,8,14,18H,3-4,7,9H2,1-2H3,(H2,17,19). The number of hydrogen-bond acceptors (Lipinski definition) is 2. The fraction of sp³-hybridized carbons (Fsp3) is 0.533. The number of nitrogens with two attached hydrogens (primary N) is 1. The van der Waals surface area contributed by atoms with E-state index in [0.29, 0.717) is 6.42 Å². The molecule has 1 unspecified atom stereocenters. The molecule has 4 heteroatoms. The first kappa shape index (κ1) is 14.4. The van der Waals surface area contributed by atoms with Gasteiger partial charge in [-0.2, -0.15) is 0 Å². The van der Waals surface area contributed by atoms with E-state index < -0.39 is 0 Å². The van der Waals surface area contributed by atoms with Gasteiger partial charge in [-0.05, 0) is 48.1 Å². The maximum Gasteiger partial charge on any atom is 0.217 e. The highest BCUT2D eigenvalue weighted by Crippen LogP contribution is 2.45. The highest BCUT2D eigenvalue weighted by Gasteiger charge is 2.38. The average molecular weight is 281 g/mol. The molecule has 0 spiro atoms. The number of benzene rings is 1. The lowest BCUT2D eigenvalue weighted by Gasteiger charge is -2.28. The summed E-state index contributed by atoms with van der Waals surface area (Å²) in [4.78, 5) is 10.7. The molecule has 0 saturated heterocycles. The summed E-state index contributed by atoms with van der Waals surface area (Å²) < 4.78 is 0. The molecule has 3 nitrogen and oxygen atoms in total. The SMILES string of the molecule is CC1(C)Cc2ccc(Cl)cc2C1NCCCC(N)=O. The number of carbonyl (C=O) groups is 1. The molecule has 1 aromatic rings. The molecule has 1 aliphatic rings. The Bertz CT molecular complexity index is 485. The molecular weight excluding hydrogens is 260 g/mol. The van der Waals surface area contributed by atoms with Crippen LogP contribution in [-0.4, -0.2) is 12.5 Å². The van der Waals surface area contributed by atoms with Crippen LogP contribution in [0.3, 0.4) is 0 Å². The monoisotopic (exact) mass is 280 g/mol. The maximum absolute atomic E-state index is 10.7. The van der Waals surface area contributed by atoms with Gasteiger partial charge in [-0.1, -0.05) is 31.5 Å². The first-order valence-electron chi connectivity index (χ1n) is 6.70. The van der Waals surface area contributed by atoms with E-state index in [0.717, 1.165) is 24.4 Å². The van der Waals surface area contributed by atoms with Crippen LogP contribution in [0.4, 0.5) is 0 Å². The molecule has 0 saturated carbocycles. The number of hydrogen-bond donors (Lipinski definition) is 2. The molecule has 0 heterocycles. The maximum atomic E-state index is 10.7. The first-order chi connectivity index (χ1) is 8.90. The number of primary amides is 1. The van der Waals surface area contributed by atoms with Crippen LogP contribution in [0.5, 0.6) is 0 Å². The van der Waals surface area contributed by atoms with Gasteiger partial charge in [0.15, 0.2) is 0 Å². The predicted octanol–water partition coefficient (Wildman–Crippen LogP) is 2.82. The summed E-state index contributed by atoms with van der Waals surface area (Å²) >= 11 is 6.10. The Morgan fingerprint density at radius 1 is 1.53 bits per heavy atom. The topological polar surface area (TPSA) is 55.1 Å². The molecule has 1 atom stereocenters. The van der Waals surface area contributed by atoms with Gasteiger partial charge in [0.2, 0.25) is 5.91 Å². The Morgan fingerprint density at radius 3 is 2.95 bits per heavy atom. The first-order valence-corrected chi connectivity index (χ1v) is 7.08. The Balaban J connectivity index is 2.06. The minimum Gasteiger partial charge on any atom is -0.370 e. The molecule has 0 radical (unpaired) electrons. The van der Waals surface area contributed by atoms with Gasteiger partial charge in [0.1, 0.15) is 0 Å². The zero-order valence-electron chi connectivity index (χ0n) is 11.5. The molecule has 0 fully saturated rings. The van der Waals surface area contributed by atoms with Gasteiger partial charge in [0.25, 0.3) is 0 Å². The van der Waals surface area contributed by atoms with E-state index in [1.54, 1.807) is 0 Å². The summed E-state index contributed by atoms with van der Waals surface area (Å²) in [6.45, 7) is 5.31. The third-order valence-electron chi connectivity index (χ3n) is 3.79. The number of halogens is 1. The lowest BCUT2D eigenvalue weighted by molar-refractivity contribution is -0.118. The smallest absolute Gasteiger partial charge is 0.217 e. The molecular formula is C15H21ClN2O. The number of fused-ring (bicyclic) bond motifs is 1. The van der Waals surface area contributed by atoms with Crippen molar-refractivity contribution in [3.63, 3.8) is 0 Å². The van der Waals surface area contributed by atoms with Gasteiger partial charge < -0.3 is 11.1 Å². The average Bonchev–Trinajstić information content (AvgIpc) is 2.55. The van der Waals surface area contributed by atoms with Crippen LogP contribution in [0.2, 0.25) is 5.02 Å². The van der Waals surface area contributed by atoms with Crippen LogP contribution >= 0.6 is 11.6 Å². The van der Waals surface area contributed by atoms with Crippen molar-refractivity contribution in [1.29, 1.82) is 0 Å². The van der Waals surface area contributed by atoms with Gasteiger partial charge in [0, 0.05) is 17.5 Å². The molecule has 104 valence electrons. The van der Waals surface area contributed by atoms with Crippen LogP contribution in [0.15, 0.2) is 18.2 Å². The number of carbonyl (C=O) groups excluding carboxylic acids is 1. The summed E-state index contributed by atoms with van der Waals surface area (Å²) in [5, 5.41) is 4.32. The molecule has 19 heavy (non-hydrogen) atoms. The fourth-order valence-electron chi connectivity index (χ4n) is 2.90. The summed E-state index contributed by atoms with van der Waals surface area (Å²) in [6, 6.07) is 6.41. The van der Waals surface area contributed by atoms with Gasteiger partial charge in [-0.25, -0.2) is 0 Å². The van der Waals surface area contributed by atoms with E-state index in [9.17, 15) is 4.79 Å². The van der Waals surface area contributed by atoms with E-state index in [2.05, 4.69) is 31.3 Å². The lowest BCUT2D eigenvalue weighted by Crippen LogP contribution is -2.32. The molecule has 0 aliphatic heterocycles. The Labute approximate surface area is 119 Å². The summed E-state index contributed by atoms with van der Waals surface area (Å²) in [7, 11) is 0.